The molecule has 16 heavy (non-hydrogen) atoms. The molecule has 0 saturated carbocycles. The number of rotatable bonds is 5. The van der Waals surface area contributed by atoms with Crippen LogP contribution >= 0.6 is 11.8 Å². The molecule has 1 rings (SSSR count). The number of thioether (sulfide) groups is 1. The summed E-state index contributed by atoms with van der Waals surface area (Å²) in [4.78, 5) is 10.6. The standard InChI is InChI=1S/C10H19N5S/c1-7(15(2)3)6-12-9-5-8(11)13-10(14-9)16-4/h5,7H,6H2,1-4H3,(H3,11,12,13,14). The maximum absolute atomic E-state index is 5.69. The van der Waals surface area contributed by atoms with E-state index < -0.39 is 0 Å². The molecule has 0 radical (unpaired) electrons. The molecule has 90 valence electrons. The second kappa shape index (κ2) is 5.91. The molecule has 6 heteroatoms. The van der Waals surface area contributed by atoms with E-state index in [0.717, 1.165) is 12.4 Å². The van der Waals surface area contributed by atoms with Crippen molar-refractivity contribution in [2.24, 2.45) is 0 Å². The zero-order valence-electron chi connectivity index (χ0n) is 10.2. The Morgan fingerprint density at radius 1 is 1.50 bits per heavy atom. The largest absolute Gasteiger partial charge is 0.383 e. The van der Waals surface area contributed by atoms with Gasteiger partial charge in [0.05, 0.1) is 0 Å². The van der Waals surface area contributed by atoms with Crippen LogP contribution in [0.3, 0.4) is 0 Å². The zero-order chi connectivity index (χ0) is 12.1. The van der Waals surface area contributed by atoms with E-state index in [2.05, 4.69) is 27.1 Å². The molecule has 0 amide bonds. The van der Waals surface area contributed by atoms with Crippen molar-refractivity contribution < 1.29 is 0 Å². The van der Waals surface area contributed by atoms with Gasteiger partial charge in [0.1, 0.15) is 11.6 Å². The Morgan fingerprint density at radius 3 is 2.75 bits per heavy atom. The molecule has 5 nitrogen and oxygen atoms in total. The minimum absolute atomic E-state index is 0.439. The quantitative estimate of drug-likeness (QED) is 0.595. The topological polar surface area (TPSA) is 67.1 Å². The van der Waals surface area contributed by atoms with E-state index in [1.54, 1.807) is 6.07 Å². The number of nitrogens with zero attached hydrogens (tertiary/aromatic N) is 3. The molecule has 0 aliphatic heterocycles. The number of likely N-dealkylation sites (N-methyl/N-ethyl adjacent to an activating group) is 1. The zero-order valence-corrected chi connectivity index (χ0v) is 11.0. The number of nitrogen functional groups attached to an aromatic ring is 1. The minimum Gasteiger partial charge on any atom is -0.383 e. The van der Waals surface area contributed by atoms with Crippen LogP contribution in [0, 0.1) is 0 Å². The second-order valence-corrected chi connectivity index (χ2v) is 4.63. The van der Waals surface area contributed by atoms with Crippen LogP contribution in [-0.4, -0.2) is 47.8 Å². The maximum Gasteiger partial charge on any atom is 0.191 e. The fourth-order valence-corrected chi connectivity index (χ4v) is 1.45. The lowest BCUT2D eigenvalue weighted by molar-refractivity contribution is 0.326. The summed E-state index contributed by atoms with van der Waals surface area (Å²) in [6.45, 7) is 2.98. The molecule has 0 fully saturated rings. The highest BCUT2D eigenvalue weighted by molar-refractivity contribution is 7.98. The highest BCUT2D eigenvalue weighted by Gasteiger charge is 2.06. The van der Waals surface area contributed by atoms with E-state index in [4.69, 9.17) is 5.73 Å². The van der Waals surface area contributed by atoms with Crippen LogP contribution in [0.1, 0.15) is 6.92 Å². The van der Waals surface area contributed by atoms with Crippen LogP contribution < -0.4 is 11.1 Å². The Hall–Kier alpha value is -1.01. The van der Waals surface area contributed by atoms with Crippen LogP contribution in [0.15, 0.2) is 11.2 Å². The Balaban J connectivity index is 2.63. The number of nitrogens with one attached hydrogen (secondary N) is 1. The molecule has 0 aliphatic carbocycles. The van der Waals surface area contributed by atoms with Crippen LogP contribution in [-0.2, 0) is 0 Å². The average molecular weight is 241 g/mol. The van der Waals surface area contributed by atoms with Crippen molar-refractivity contribution in [1.29, 1.82) is 0 Å². The maximum atomic E-state index is 5.69. The fraction of sp³-hybridized carbons (Fsp3) is 0.600. The van der Waals surface area contributed by atoms with E-state index in [0.29, 0.717) is 17.0 Å². The van der Waals surface area contributed by atoms with E-state index in [-0.39, 0.29) is 0 Å². The second-order valence-electron chi connectivity index (χ2n) is 3.86. The summed E-state index contributed by atoms with van der Waals surface area (Å²) in [5.74, 6) is 1.28. The van der Waals surface area contributed by atoms with E-state index in [1.165, 1.54) is 11.8 Å². The number of hydrogen-bond donors (Lipinski definition) is 2. The Kier molecular flexibility index (Phi) is 4.82. The molecule has 0 saturated heterocycles. The summed E-state index contributed by atoms with van der Waals surface area (Å²) in [5, 5.41) is 3.95. The van der Waals surface area contributed by atoms with E-state index in [1.807, 2.05) is 20.4 Å². The molecule has 0 aromatic carbocycles. The van der Waals surface area contributed by atoms with Gasteiger partial charge in [0.25, 0.3) is 0 Å². The third-order valence-corrected chi connectivity index (χ3v) is 2.92. The summed E-state index contributed by atoms with van der Waals surface area (Å²) in [6.07, 6.45) is 1.93. The lowest BCUT2D eigenvalue weighted by Gasteiger charge is -2.20. The number of nitrogens with two attached hydrogens (primary N) is 1. The van der Waals surface area contributed by atoms with Gasteiger partial charge in [0.15, 0.2) is 5.16 Å². The van der Waals surface area contributed by atoms with Gasteiger partial charge in [0, 0.05) is 18.7 Å². The molecular formula is C10H19N5S. The van der Waals surface area contributed by atoms with Gasteiger partial charge in [-0.15, -0.1) is 0 Å². The molecule has 1 unspecified atom stereocenters. The molecule has 3 N–H and O–H groups in total. The fourth-order valence-electron chi connectivity index (χ4n) is 1.06. The molecule has 0 aliphatic rings. The predicted octanol–water partition coefficient (Wildman–Crippen LogP) is 1.14. The van der Waals surface area contributed by atoms with Gasteiger partial charge >= 0.3 is 0 Å². The van der Waals surface area contributed by atoms with Crippen molar-refractivity contribution in [3.8, 4) is 0 Å². The lowest BCUT2D eigenvalue weighted by Crippen LogP contribution is -2.31. The molecular weight excluding hydrogens is 222 g/mol. The van der Waals surface area contributed by atoms with Crippen molar-refractivity contribution in [3.05, 3.63) is 6.07 Å². The van der Waals surface area contributed by atoms with Crippen molar-refractivity contribution in [3.63, 3.8) is 0 Å². The first kappa shape index (κ1) is 13.1. The monoisotopic (exact) mass is 241 g/mol. The summed E-state index contributed by atoms with van der Waals surface area (Å²) in [7, 11) is 4.10. The van der Waals surface area contributed by atoms with Gasteiger partial charge < -0.3 is 16.0 Å². The van der Waals surface area contributed by atoms with E-state index in [9.17, 15) is 0 Å². The van der Waals surface area contributed by atoms with Crippen LogP contribution in [0.4, 0.5) is 11.6 Å². The first-order valence-electron chi connectivity index (χ1n) is 5.11. The molecule has 1 atom stereocenters. The highest BCUT2D eigenvalue weighted by Crippen LogP contribution is 2.15. The number of hydrogen-bond acceptors (Lipinski definition) is 6. The molecule has 0 spiro atoms. The predicted molar refractivity (Wildman–Crippen MR) is 69.9 cm³/mol. The van der Waals surface area contributed by atoms with Crippen LogP contribution in [0.5, 0.6) is 0 Å². The molecule has 1 heterocycles. The van der Waals surface area contributed by atoms with Crippen LogP contribution in [0.2, 0.25) is 0 Å². The SMILES string of the molecule is CSc1nc(N)cc(NCC(C)N(C)C)n1. The van der Waals surface area contributed by atoms with Crippen molar-refractivity contribution in [2.45, 2.75) is 18.1 Å². The van der Waals surface area contributed by atoms with Gasteiger partial charge in [0.2, 0.25) is 0 Å². The summed E-state index contributed by atoms with van der Waals surface area (Å²) >= 11 is 1.49. The highest BCUT2D eigenvalue weighted by atomic mass is 32.2. The van der Waals surface area contributed by atoms with E-state index >= 15 is 0 Å². The number of anilines is 2. The van der Waals surface area contributed by atoms with Gasteiger partial charge in [-0.1, -0.05) is 11.8 Å². The number of aromatic nitrogens is 2. The Bertz CT molecular complexity index is 342. The first-order valence-corrected chi connectivity index (χ1v) is 6.34. The van der Waals surface area contributed by atoms with Gasteiger partial charge in [-0.25, -0.2) is 9.97 Å². The van der Waals surface area contributed by atoms with Crippen molar-refractivity contribution in [2.75, 3.05) is 37.9 Å². The Morgan fingerprint density at radius 2 is 2.19 bits per heavy atom. The van der Waals surface area contributed by atoms with Crippen molar-refractivity contribution >= 4 is 23.4 Å². The molecule has 1 aromatic rings. The molecule has 0 bridgehead atoms. The smallest absolute Gasteiger partial charge is 0.191 e. The summed E-state index contributed by atoms with van der Waals surface area (Å²) < 4.78 is 0. The van der Waals surface area contributed by atoms with Gasteiger partial charge in [-0.3, -0.25) is 0 Å². The van der Waals surface area contributed by atoms with Gasteiger partial charge in [-0.2, -0.15) is 0 Å². The average Bonchev–Trinajstić information content (AvgIpc) is 2.24. The third kappa shape index (κ3) is 3.86. The summed E-state index contributed by atoms with van der Waals surface area (Å²) in [5.41, 5.74) is 5.69. The Labute approximate surface area is 101 Å². The van der Waals surface area contributed by atoms with Crippen LogP contribution in [0.25, 0.3) is 0 Å². The third-order valence-electron chi connectivity index (χ3n) is 2.37. The lowest BCUT2D eigenvalue weighted by atomic mass is 10.3. The van der Waals surface area contributed by atoms with Crippen molar-refractivity contribution in [1.82, 2.24) is 14.9 Å². The normalized spacial score (nSPS) is 12.8. The summed E-state index contributed by atoms with van der Waals surface area (Å²) in [6, 6.07) is 2.19. The first-order chi connectivity index (χ1) is 7.52. The molecule has 1 aromatic heterocycles. The minimum atomic E-state index is 0.439. The van der Waals surface area contributed by atoms with Gasteiger partial charge in [-0.05, 0) is 27.3 Å².